The normalized spacial score (nSPS) is 13.4. The van der Waals surface area contributed by atoms with Gasteiger partial charge in [-0.1, -0.05) is 83.1 Å². The summed E-state index contributed by atoms with van der Waals surface area (Å²) in [6.45, 7) is 29.5. The van der Waals surface area contributed by atoms with Crippen LogP contribution in [-0.4, -0.2) is 26.7 Å². The Morgan fingerprint density at radius 2 is 0.848 bits per heavy atom. The molecular weight excluding hydrogens is 435 g/mol. The van der Waals surface area contributed by atoms with Crippen LogP contribution in [0.15, 0.2) is 18.5 Å². The summed E-state index contributed by atoms with van der Waals surface area (Å²) >= 11 is 0. The molecule has 0 bridgehead atoms. The summed E-state index contributed by atoms with van der Waals surface area (Å²) in [6, 6.07) is 10.6. The van der Waals surface area contributed by atoms with Crippen molar-refractivity contribution >= 4 is 22.2 Å². The lowest BCUT2D eigenvalue weighted by Gasteiger charge is -2.58. The molecule has 0 unspecified atom stereocenters. The molecule has 1 heterocycles. The van der Waals surface area contributed by atoms with Crippen molar-refractivity contribution in [2.45, 2.75) is 119 Å². The van der Waals surface area contributed by atoms with Gasteiger partial charge in [0.2, 0.25) is 0 Å². The van der Waals surface area contributed by atoms with Crippen molar-refractivity contribution in [3.05, 3.63) is 18.5 Å². The number of anilines is 1. The molecule has 0 fully saturated rings. The van der Waals surface area contributed by atoms with Gasteiger partial charge in [-0.05, 0) is 77.8 Å². The third-order valence-corrected chi connectivity index (χ3v) is 21.2. The monoisotopic (exact) mass is 491 g/mol. The first-order valence-corrected chi connectivity index (χ1v) is 18.9. The lowest BCUT2D eigenvalue weighted by Crippen LogP contribution is -2.69. The minimum absolute atomic E-state index is 0.718. The number of hydrogen-bond acceptors (Lipinski definition) is 3. The minimum Gasteiger partial charge on any atom is -0.422 e. The van der Waals surface area contributed by atoms with Gasteiger partial charge in [0.25, 0.3) is 0 Å². The molecule has 0 radical (unpaired) electrons. The fourth-order valence-corrected chi connectivity index (χ4v) is 25.3. The van der Waals surface area contributed by atoms with Crippen molar-refractivity contribution in [1.29, 1.82) is 0 Å². The van der Waals surface area contributed by atoms with E-state index in [0.717, 1.165) is 35.5 Å². The van der Waals surface area contributed by atoms with Gasteiger partial charge in [0.05, 0.1) is 12.4 Å². The van der Waals surface area contributed by atoms with Gasteiger partial charge in [-0.3, -0.25) is 0 Å². The van der Waals surface area contributed by atoms with E-state index in [1.165, 1.54) is 42.0 Å². The van der Waals surface area contributed by atoms with Gasteiger partial charge in [-0.2, -0.15) is 10.2 Å². The second-order valence-corrected chi connectivity index (χ2v) is 22.2. The van der Waals surface area contributed by atoms with Gasteiger partial charge in [-0.25, -0.2) is 0 Å². The zero-order valence-corrected chi connectivity index (χ0v) is 26.3. The average Bonchev–Trinajstić information content (AvgIpc) is 2.58. The molecule has 1 aromatic heterocycles. The zero-order valence-electron chi connectivity index (χ0n) is 24.3. The molecule has 1 aromatic rings. The Morgan fingerprint density at radius 3 is 1.06 bits per heavy atom. The highest BCUT2D eigenvalue weighted by atomic mass is 28.4. The standard InChI is InChI=1S/C28H57N3Si2/c1-22(2)16-32(17-23(3)4,18-24(5)6)31(28-13-14-29-30-15-28)33(19-25(7)8,20-26(9)10)21-27(11)12/h13-15,22-27H,16-21H2,1-12H3. The quantitative estimate of drug-likeness (QED) is 0.229. The summed E-state index contributed by atoms with van der Waals surface area (Å²) in [7, 11) is -3.73. The lowest BCUT2D eigenvalue weighted by molar-refractivity contribution is 0.622. The Bertz CT molecular complexity index is 565. The molecule has 0 aliphatic carbocycles. The fourth-order valence-electron chi connectivity index (χ4n) is 7.07. The van der Waals surface area contributed by atoms with Gasteiger partial charge < -0.3 is 4.23 Å². The van der Waals surface area contributed by atoms with E-state index >= 15 is 0 Å². The van der Waals surface area contributed by atoms with E-state index in [4.69, 9.17) is 0 Å². The van der Waals surface area contributed by atoms with Crippen LogP contribution < -0.4 is 4.23 Å². The van der Waals surface area contributed by atoms with Gasteiger partial charge in [0, 0.05) is 5.69 Å². The molecule has 0 aliphatic rings. The maximum absolute atomic E-state index is 4.46. The van der Waals surface area contributed by atoms with E-state index in [0.29, 0.717) is 0 Å². The van der Waals surface area contributed by atoms with E-state index in [1.54, 1.807) is 0 Å². The summed E-state index contributed by atoms with van der Waals surface area (Å²) in [5, 5.41) is 8.67. The first-order chi connectivity index (χ1) is 15.2. The van der Waals surface area contributed by atoms with Crippen molar-refractivity contribution in [3.63, 3.8) is 0 Å². The number of aromatic nitrogens is 2. The summed E-state index contributed by atoms with van der Waals surface area (Å²) < 4.78 is 3.22. The summed E-state index contributed by atoms with van der Waals surface area (Å²) in [5.74, 6) is 4.31. The number of rotatable bonds is 15. The Hall–Kier alpha value is -0.686. The highest BCUT2D eigenvalue weighted by molar-refractivity contribution is 7.02. The lowest BCUT2D eigenvalue weighted by atomic mass is 10.2. The Balaban J connectivity index is 4.04. The molecule has 0 aliphatic heterocycles. The van der Waals surface area contributed by atoms with Crippen LogP contribution in [0.3, 0.4) is 0 Å². The SMILES string of the molecule is CC(C)C[Si](CC(C)C)(CC(C)C)N(c1ccnnc1)[Si](CC(C)C)(CC(C)C)CC(C)C. The fraction of sp³-hybridized carbons (Fsp3) is 0.857. The van der Waals surface area contributed by atoms with Crippen LogP contribution in [0, 0.1) is 35.5 Å². The molecular formula is C28H57N3Si2. The predicted octanol–water partition coefficient (Wildman–Crippen LogP) is 9.11. The Kier molecular flexibility index (Phi) is 12.3. The minimum atomic E-state index is -1.86. The van der Waals surface area contributed by atoms with Crippen molar-refractivity contribution in [2.24, 2.45) is 35.5 Å². The molecule has 0 spiro atoms. The third-order valence-electron chi connectivity index (χ3n) is 6.50. The van der Waals surface area contributed by atoms with E-state index in [9.17, 15) is 0 Å². The summed E-state index contributed by atoms with van der Waals surface area (Å²) in [6.07, 6.45) is 4.06. The molecule has 1 rings (SSSR count). The van der Waals surface area contributed by atoms with Crippen molar-refractivity contribution < 1.29 is 0 Å². The molecule has 0 N–H and O–H groups in total. The van der Waals surface area contributed by atoms with Crippen molar-refractivity contribution in [1.82, 2.24) is 10.2 Å². The Morgan fingerprint density at radius 1 is 0.545 bits per heavy atom. The van der Waals surface area contributed by atoms with E-state index in [1.807, 2.05) is 6.20 Å². The molecule has 192 valence electrons. The van der Waals surface area contributed by atoms with Gasteiger partial charge in [0.1, 0.15) is 16.5 Å². The van der Waals surface area contributed by atoms with Gasteiger partial charge >= 0.3 is 0 Å². The molecule has 0 aromatic carbocycles. The molecule has 3 nitrogen and oxygen atoms in total. The Labute approximate surface area is 209 Å². The number of nitrogens with zero attached hydrogens (tertiary/aromatic N) is 3. The zero-order chi connectivity index (χ0) is 25.4. The van der Waals surface area contributed by atoms with Gasteiger partial charge in [0.15, 0.2) is 0 Å². The predicted molar refractivity (Wildman–Crippen MR) is 154 cm³/mol. The first-order valence-electron chi connectivity index (χ1n) is 13.8. The van der Waals surface area contributed by atoms with Crippen molar-refractivity contribution in [3.8, 4) is 0 Å². The van der Waals surface area contributed by atoms with Gasteiger partial charge in [-0.15, -0.1) is 0 Å². The van der Waals surface area contributed by atoms with Crippen LogP contribution in [0.5, 0.6) is 0 Å². The smallest absolute Gasteiger partial charge is 0.148 e. The maximum atomic E-state index is 4.46. The average molecular weight is 492 g/mol. The van der Waals surface area contributed by atoms with E-state index in [2.05, 4.69) is 110 Å². The van der Waals surface area contributed by atoms with E-state index in [-0.39, 0.29) is 0 Å². The van der Waals surface area contributed by atoms with Crippen LogP contribution in [-0.2, 0) is 0 Å². The van der Waals surface area contributed by atoms with Crippen LogP contribution >= 0.6 is 0 Å². The molecule has 0 atom stereocenters. The molecule has 5 heteroatoms. The largest absolute Gasteiger partial charge is 0.422 e. The third kappa shape index (κ3) is 9.47. The second-order valence-electron chi connectivity index (χ2n) is 13.5. The van der Waals surface area contributed by atoms with Crippen LogP contribution in [0.2, 0.25) is 36.3 Å². The highest BCUT2D eigenvalue weighted by Crippen LogP contribution is 2.46. The molecule has 0 amide bonds. The highest BCUT2D eigenvalue weighted by Gasteiger charge is 2.52. The van der Waals surface area contributed by atoms with Crippen LogP contribution in [0.1, 0.15) is 83.1 Å². The molecule has 33 heavy (non-hydrogen) atoms. The van der Waals surface area contributed by atoms with E-state index < -0.39 is 16.5 Å². The van der Waals surface area contributed by atoms with Crippen LogP contribution in [0.4, 0.5) is 5.69 Å². The summed E-state index contributed by atoms with van der Waals surface area (Å²) in [4.78, 5) is 0. The molecule has 0 saturated heterocycles. The van der Waals surface area contributed by atoms with Crippen molar-refractivity contribution in [2.75, 3.05) is 4.23 Å². The molecule has 0 saturated carbocycles. The summed E-state index contributed by atoms with van der Waals surface area (Å²) in [5.41, 5.74) is 1.40. The second kappa shape index (κ2) is 13.4. The topological polar surface area (TPSA) is 29.0 Å². The number of hydrogen-bond donors (Lipinski definition) is 0. The van der Waals surface area contributed by atoms with Crippen LogP contribution in [0.25, 0.3) is 0 Å². The maximum Gasteiger partial charge on any atom is 0.148 e. The first kappa shape index (κ1) is 30.3.